The van der Waals surface area contributed by atoms with Crippen molar-refractivity contribution in [1.29, 1.82) is 0 Å². The Hall–Kier alpha value is -2.61. The third-order valence-corrected chi connectivity index (χ3v) is 2.78. The van der Waals surface area contributed by atoms with E-state index in [4.69, 9.17) is 9.47 Å². The molecule has 0 fully saturated rings. The molecule has 0 radical (unpaired) electrons. The normalized spacial score (nSPS) is 11.5. The minimum atomic E-state index is -1.17. The molecule has 3 N–H and O–H groups in total. The van der Waals surface area contributed by atoms with Gasteiger partial charge in [0.15, 0.2) is 0 Å². The summed E-state index contributed by atoms with van der Waals surface area (Å²) in [5, 5.41) is 2.32. The van der Waals surface area contributed by atoms with E-state index in [0.29, 0.717) is 0 Å². The van der Waals surface area contributed by atoms with Crippen LogP contribution in [0.15, 0.2) is 30.3 Å². The number of alkyl carbamates (subject to hydrolysis) is 1. The van der Waals surface area contributed by atoms with E-state index in [9.17, 15) is 14.4 Å². The topological polar surface area (TPSA) is 122 Å². The summed E-state index contributed by atoms with van der Waals surface area (Å²) in [5.74, 6) is -1.38. The summed E-state index contributed by atoms with van der Waals surface area (Å²) in [6.07, 6.45) is -1.16. The molecule has 1 unspecified atom stereocenters. The van der Waals surface area contributed by atoms with Crippen LogP contribution in [0.1, 0.15) is 32.8 Å². The molecule has 0 saturated carbocycles. The summed E-state index contributed by atoms with van der Waals surface area (Å²) in [6.45, 7) is 5.17. The Morgan fingerprint density at radius 1 is 1.12 bits per heavy atom. The lowest BCUT2D eigenvalue weighted by atomic mass is 10.1. The molecule has 8 heteroatoms. The zero-order chi connectivity index (χ0) is 18.2. The first-order valence-electron chi connectivity index (χ1n) is 7.48. The van der Waals surface area contributed by atoms with Crippen molar-refractivity contribution in [2.24, 2.45) is 0 Å². The van der Waals surface area contributed by atoms with E-state index < -0.39 is 29.7 Å². The first-order chi connectivity index (χ1) is 11.2. The smallest absolute Gasteiger partial charge is 0.408 e. The van der Waals surface area contributed by atoms with Gasteiger partial charge in [0.25, 0.3) is 0 Å². The molecule has 1 rings (SSSR count). The van der Waals surface area contributed by atoms with Crippen molar-refractivity contribution in [3.05, 3.63) is 35.9 Å². The second kappa shape index (κ2) is 10.3. The van der Waals surface area contributed by atoms with Crippen molar-refractivity contribution in [3.63, 3.8) is 0 Å². The molecule has 0 aliphatic carbocycles. The molecule has 1 aromatic rings. The lowest BCUT2D eigenvalue weighted by Gasteiger charge is -2.21. The second-order valence-electron chi connectivity index (χ2n) is 6.07. The molecule has 0 saturated heterocycles. The highest BCUT2D eigenvalue weighted by Crippen LogP contribution is 2.10. The quantitative estimate of drug-likeness (QED) is 0.607. The standard InChI is InChI=1S/C17H23NO6.H2O/c1-17(2,3)24-14(19)10-13(15(20)22-4)18-16(21)23-11-12-8-6-5-7-9-12;/h5-9,13H,10-11H2,1-4H3,(H,18,21);1H2. The third kappa shape index (κ3) is 9.31. The van der Waals surface area contributed by atoms with Crippen molar-refractivity contribution in [3.8, 4) is 0 Å². The predicted octanol–water partition coefficient (Wildman–Crippen LogP) is 1.36. The molecule has 8 nitrogen and oxygen atoms in total. The highest BCUT2D eigenvalue weighted by atomic mass is 16.6. The van der Waals surface area contributed by atoms with Crippen LogP contribution >= 0.6 is 0 Å². The molecular formula is C17H25NO7. The number of hydrogen-bond donors (Lipinski definition) is 1. The van der Waals surface area contributed by atoms with Crippen LogP contribution in [0, 0.1) is 0 Å². The zero-order valence-electron chi connectivity index (χ0n) is 14.8. The third-order valence-electron chi connectivity index (χ3n) is 2.78. The lowest BCUT2D eigenvalue weighted by molar-refractivity contribution is -0.158. The number of carbonyl (C=O) groups is 3. The molecule has 0 aliphatic rings. The van der Waals surface area contributed by atoms with Crippen LogP contribution in [0.25, 0.3) is 0 Å². The molecule has 25 heavy (non-hydrogen) atoms. The van der Waals surface area contributed by atoms with E-state index in [2.05, 4.69) is 10.1 Å². The van der Waals surface area contributed by atoms with Crippen molar-refractivity contribution in [2.45, 2.75) is 45.4 Å². The van der Waals surface area contributed by atoms with Gasteiger partial charge in [0.2, 0.25) is 0 Å². The first kappa shape index (κ1) is 22.4. The zero-order valence-corrected chi connectivity index (χ0v) is 14.8. The van der Waals surface area contributed by atoms with Gasteiger partial charge in [-0.3, -0.25) is 4.79 Å². The monoisotopic (exact) mass is 355 g/mol. The maximum atomic E-state index is 11.8. The molecule has 0 aromatic heterocycles. The largest absolute Gasteiger partial charge is 0.467 e. The highest BCUT2D eigenvalue weighted by molar-refractivity contribution is 5.86. The van der Waals surface area contributed by atoms with Gasteiger partial charge in [0.1, 0.15) is 18.2 Å². The van der Waals surface area contributed by atoms with Crippen LogP contribution in [0.5, 0.6) is 0 Å². The Kier molecular flexibility index (Phi) is 9.22. The van der Waals surface area contributed by atoms with Gasteiger partial charge in [0, 0.05) is 0 Å². The molecule has 0 bridgehead atoms. The number of methoxy groups -OCH3 is 1. The average molecular weight is 355 g/mol. The van der Waals surface area contributed by atoms with Crippen LogP contribution in [0.3, 0.4) is 0 Å². The fourth-order valence-corrected chi connectivity index (χ4v) is 1.79. The van der Waals surface area contributed by atoms with Crippen molar-refractivity contribution >= 4 is 18.0 Å². The highest BCUT2D eigenvalue weighted by Gasteiger charge is 2.28. The Balaban J connectivity index is 0.00000576. The number of benzene rings is 1. The second-order valence-corrected chi connectivity index (χ2v) is 6.07. The van der Waals surface area contributed by atoms with Gasteiger partial charge in [-0.1, -0.05) is 30.3 Å². The van der Waals surface area contributed by atoms with Gasteiger partial charge in [-0.15, -0.1) is 0 Å². The number of amides is 1. The van der Waals surface area contributed by atoms with Gasteiger partial charge >= 0.3 is 18.0 Å². The van der Waals surface area contributed by atoms with Crippen LogP contribution in [0.4, 0.5) is 4.79 Å². The van der Waals surface area contributed by atoms with Crippen molar-refractivity contribution in [1.82, 2.24) is 5.32 Å². The van der Waals surface area contributed by atoms with Gasteiger partial charge in [-0.2, -0.15) is 0 Å². The number of carbonyl (C=O) groups excluding carboxylic acids is 3. The maximum Gasteiger partial charge on any atom is 0.408 e. The molecule has 1 atom stereocenters. The summed E-state index contributed by atoms with van der Waals surface area (Å²) >= 11 is 0. The number of nitrogens with one attached hydrogen (secondary N) is 1. The van der Waals surface area contributed by atoms with Gasteiger partial charge < -0.3 is 25.0 Å². The van der Waals surface area contributed by atoms with E-state index in [-0.39, 0.29) is 18.5 Å². The predicted molar refractivity (Wildman–Crippen MR) is 89.6 cm³/mol. The number of hydrogen-bond acceptors (Lipinski definition) is 6. The molecule has 0 heterocycles. The fraction of sp³-hybridized carbons (Fsp3) is 0.471. The van der Waals surface area contributed by atoms with E-state index in [1.54, 1.807) is 32.9 Å². The molecule has 140 valence electrons. The summed E-state index contributed by atoms with van der Waals surface area (Å²) in [6, 6.07) is 7.90. The number of ether oxygens (including phenoxy) is 3. The summed E-state index contributed by atoms with van der Waals surface area (Å²) in [5.41, 5.74) is 0.111. The molecule has 1 aromatic carbocycles. The van der Waals surface area contributed by atoms with E-state index >= 15 is 0 Å². The fourth-order valence-electron chi connectivity index (χ4n) is 1.79. The van der Waals surface area contributed by atoms with Crippen LogP contribution in [0.2, 0.25) is 0 Å². The minimum Gasteiger partial charge on any atom is -0.467 e. The lowest BCUT2D eigenvalue weighted by Crippen LogP contribution is -2.44. The number of esters is 2. The van der Waals surface area contributed by atoms with E-state index in [1.807, 2.05) is 18.2 Å². The first-order valence-corrected chi connectivity index (χ1v) is 7.48. The molecule has 1 amide bonds. The average Bonchev–Trinajstić information content (AvgIpc) is 2.50. The molecular weight excluding hydrogens is 330 g/mol. The number of rotatable bonds is 6. The Morgan fingerprint density at radius 2 is 1.72 bits per heavy atom. The van der Waals surface area contributed by atoms with Crippen LogP contribution < -0.4 is 5.32 Å². The van der Waals surface area contributed by atoms with Crippen molar-refractivity contribution in [2.75, 3.05) is 7.11 Å². The summed E-state index contributed by atoms with van der Waals surface area (Å²) in [4.78, 5) is 35.4. The van der Waals surface area contributed by atoms with Gasteiger partial charge in [0.05, 0.1) is 13.5 Å². The minimum absolute atomic E-state index is 0. The van der Waals surface area contributed by atoms with E-state index in [1.165, 1.54) is 7.11 Å². The summed E-state index contributed by atoms with van der Waals surface area (Å²) < 4.78 is 14.8. The SMILES string of the molecule is COC(=O)C(CC(=O)OC(C)(C)C)NC(=O)OCc1ccccc1.O. The maximum absolute atomic E-state index is 11.8. The van der Waals surface area contributed by atoms with Crippen molar-refractivity contribution < 1.29 is 34.1 Å². The molecule has 0 spiro atoms. The molecule has 0 aliphatic heterocycles. The van der Waals surface area contributed by atoms with Gasteiger partial charge in [-0.05, 0) is 26.3 Å². The van der Waals surface area contributed by atoms with Gasteiger partial charge in [-0.25, -0.2) is 9.59 Å². The van der Waals surface area contributed by atoms with Crippen LogP contribution in [-0.4, -0.2) is 42.3 Å². The Bertz CT molecular complexity index is 566. The Morgan fingerprint density at radius 3 is 2.24 bits per heavy atom. The van der Waals surface area contributed by atoms with Crippen LogP contribution in [-0.2, 0) is 30.4 Å². The Labute approximate surface area is 146 Å². The summed E-state index contributed by atoms with van der Waals surface area (Å²) in [7, 11) is 1.17. The van der Waals surface area contributed by atoms with E-state index in [0.717, 1.165) is 5.56 Å².